The third-order valence-corrected chi connectivity index (χ3v) is 25.0. The fraction of sp³-hybridized carbons (Fsp3) is 0.479. The first-order valence-electron chi connectivity index (χ1n) is 44.8. The van der Waals surface area contributed by atoms with Crippen LogP contribution in [-0.2, 0) is 114 Å². The third kappa shape index (κ3) is 29.5. The Balaban J connectivity index is 1.15. The molecule has 136 heavy (non-hydrogen) atoms. The van der Waals surface area contributed by atoms with Gasteiger partial charge in [0.05, 0.1) is 24.8 Å². The number of aliphatic hydroxyl groups is 1. The molecule has 3 fully saturated rings. The number of phenolic OH excluding ortho intramolecular Hbond substituents is 1. The molecule has 9 rings (SSSR count). The number of halogens is 4. The van der Waals surface area contributed by atoms with Crippen LogP contribution < -0.4 is 53.6 Å². The van der Waals surface area contributed by atoms with Crippen molar-refractivity contribution in [2.45, 2.75) is 222 Å². The molecule has 3 aliphatic heterocycles. The Hall–Kier alpha value is -13.5. The van der Waals surface area contributed by atoms with Gasteiger partial charge in [-0.3, -0.25) is 81.5 Å². The molecule has 734 valence electrons. The van der Waals surface area contributed by atoms with E-state index in [0.29, 0.717) is 64.3 Å². The van der Waals surface area contributed by atoms with Gasteiger partial charge in [0.25, 0.3) is 0 Å². The number of carbonyl (C=O) groups is 17. The Morgan fingerprint density at radius 2 is 1.10 bits per heavy atom. The van der Waals surface area contributed by atoms with Crippen LogP contribution in [-0.4, -0.2) is 287 Å². The molecular weight excluding hydrogens is 1800 g/mol. The number of likely N-dealkylation sites (N-methyl/N-ethyl adjacent to an activating group) is 3. The number of carboxylic acids is 2. The zero-order valence-electron chi connectivity index (χ0n) is 76.6. The number of para-hydroxylation sites is 1. The highest BCUT2D eigenvalue weighted by molar-refractivity contribution is 8.00. The molecule has 16 N–H and O–H groups in total. The molecule has 15 amide bonds. The average Bonchev–Trinajstić information content (AvgIpc) is 1.58. The van der Waals surface area contributed by atoms with Gasteiger partial charge in [0.2, 0.25) is 88.6 Å². The first-order chi connectivity index (χ1) is 64.5. The van der Waals surface area contributed by atoms with E-state index in [1.165, 1.54) is 64.3 Å². The molecule has 6 aromatic rings. The molecule has 3 saturated heterocycles. The molecule has 0 saturated carbocycles. The van der Waals surface area contributed by atoms with Gasteiger partial charge in [0.15, 0.2) is 17.5 Å². The van der Waals surface area contributed by atoms with Crippen LogP contribution in [0, 0.1) is 35.1 Å². The number of fused-ring (bicyclic) bond motifs is 3. The maximum atomic E-state index is 15.7. The zero-order valence-corrected chi connectivity index (χ0v) is 77.4. The van der Waals surface area contributed by atoms with Crippen molar-refractivity contribution in [3.05, 3.63) is 173 Å². The van der Waals surface area contributed by atoms with E-state index in [4.69, 9.17) is 5.73 Å². The highest BCUT2D eigenvalue weighted by Crippen LogP contribution is 2.29. The second-order valence-electron chi connectivity index (χ2n) is 35.1. The summed E-state index contributed by atoms with van der Waals surface area (Å²) in [5, 5.41) is 66.1. The van der Waals surface area contributed by atoms with Crippen molar-refractivity contribution in [2.75, 3.05) is 52.3 Å². The third-order valence-electron chi connectivity index (χ3n) is 24.0. The molecule has 14 atom stereocenters. The number of primary amides is 1. The van der Waals surface area contributed by atoms with E-state index in [0.717, 1.165) is 43.7 Å². The molecule has 37 nitrogen and oxygen atoms in total. The number of aromatic amines is 1. The van der Waals surface area contributed by atoms with Gasteiger partial charge < -0.3 is 103 Å². The maximum Gasteiger partial charge on any atom is 0.305 e. The Morgan fingerprint density at radius 1 is 0.537 bits per heavy atom. The highest BCUT2D eigenvalue weighted by Gasteiger charge is 2.48. The van der Waals surface area contributed by atoms with Gasteiger partial charge >= 0.3 is 11.9 Å². The number of hydrogen-bond donors (Lipinski definition) is 15. The van der Waals surface area contributed by atoms with Gasteiger partial charge in [-0.05, 0) is 121 Å². The molecule has 3 aliphatic rings. The van der Waals surface area contributed by atoms with Gasteiger partial charge in [-0.15, -0.1) is 11.8 Å². The number of rotatable bonds is 24. The minimum Gasteiger partial charge on any atom is -0.508 e. The highest BCUT2D eigenvalue weighted by atomic mass is 32.2. The molecule has 42 heteroatoms. The van der Waals surface area contributed by atoms with Crippen LogP contribution in [0.3, 0.4) is 0 Å². The average molecular weight is 1920 g/mol. The predicted molar refractivity (Wildman–Crippen MR) is 487 cm³/mol. The van der Waals surface area contributed by atoms with E-state index in [9.17, 15) is 62.8 Å². The SMILES string of the molecule is CCCC[C@H]1C(=O)N2C[C@@H](O)C[C@@H]2C(=O)N[C@@H](CC(=O)O)C(=O)N[C@@H](C(C)C)C(=O)N(C)[C@@H](Cc2ccccc2)C(=O)N[C@@H](CCC(=O)O)C(=O)N2CCCC[C@@H]2C(=O)N[C@@H](Cc2c[nH]c3ccccc23)C(=O)N[C@@H](Cc2ccc(O)cc2)C(=O)N[C@@H](CC(C)C)C(=O)N[C@H](C(=O)NCC(N)=O)CSCC(=O)N[C@@H](Cc2cc(F)c(F)c(F)c2)C(=O)N(C)[C@@H](Cc2ccc(F)cc2)C(=O)N1C. The summed E-state index contributed by atoms with van der Waals surface area (Å²) >= 11 is 0.623. The van der Waals surface area contributed by atoms with Gasteiger partial charge in [-0.2, -0.15) is 0 Å². The second-order valence-corrected chi connectivity index (χ2v) is 36.1. The van der Waals surface area contributed by atoms with Crippen LogP contribution in [0.1, 0.15) is 133 Å². The van der Waals surface area contributed by atoms with Gasteiger partial charge in [-0.25, -0.2) is 17.6 Å². The minimum atomic E-state index is -2.08. The number of aliphatic hydroxyl groups excluding tert-OH is 1. The predicted octanol–water partition coefficient (Wildman–Crippen LogP) is 2.23. The topological polar surface area (TPSA) is 537 Å². The second kappa shape index (κ2) is 49.6. The van der Waals surface area contributed by atoms with Crippen LogP contribution in [0.4, 0.5) is 17.6 Å². The number of carboxylic acid groups (broad SMARTS) is 2. The minimum absolute atomic E-state index is 0.0704. The quantitative estimate of drug-likeness (QED) is 0.0305. The van der Waals surface area contributed by atoms with E-state index >= 15 is 56.7 Å². The number of hydrogen-bond acceptors (Lipinski definition) is 20. The van der Waals surface area contributed by atoms with Crippen molar-refractivity contribution >= 4 is 123 Å². The zero-order chi connectivity index (χ0) is 99.6. The number of piperidine rings is 1. The lowest BCUT2D eigenvalue weighted by Gasteiger charge is -2.38. The number of amides is 15. The first kappa shape index (κ1) is 106. The van der Waals surface area contributed by atoms with Crippen LogP contribution >= 0.6 is 11.8 Å². The smallest absolute Gasteiger partial charge is 0.305 e. The van der Waals surface area contributed by atoms with E-state index in [1.807, 2.05) is 0 Å². The number of nitrogens with two attached hydrogens (primary N) is 1. The van der Waals surface area contributed by atoms with E-state index in [2.05, 4.69) is 52.8 Å². The number of thioether (sulfide) groups is 1. The lowest BCUT2D eigenvalue weighted by Crippen LogP contribution is -2.63. The maximum absolute atomic E-state index is 15.7. The summed E-state index contributed by atoms with van der Waals surface area (Å²) < 4.78 is 59.8. The number of H-pyrrole nitrogens is 1. The number of phenols is 1. The normalized spacial score (nSPS) is 24.0. The van der Waals surface area contributed by atoms with Crippen molar-refractivity contribution in [3.63, 3.8) is 0 Å². The number of carbonyl (C=O) groups excluding carboxylic acids is 15. The summed E-state index contributed by atoms with van der Waals surface area (Å²) in [7, 11) is 3.46. The number of aromatic nitrogens is 1. The van der Waals surface area contributed by atoms with Gasteiger partial charge in [0, 0.05) is 102 Å². The van der Waals surface area contributed by atoms with Crippen LogP contribution in [0.5, 0.6) is 5.75 Å². The fourth-order valence-electron chi connectivity index (χ4n) is 16.6. The largest absolute Gasteiger partial charge is 0.508 e. The van der Waals surface area contributed by atoms with Crippen molar-refractivity contribution in [1.29, 1.82) is 0 Å². The number of nitrogens with one attached hydrogen (secondary N) is 10. The molecule has 0 unspecified atom stereocenters. The molecule has 4 heterocycles. The van der Waals surface area contributed by atoms with Crippen molar-refractivity contribution in [3.8, 4) is 5.75 Å². The Morgan fingerprint density at radius 3 is 1.74 bits per heavy atom. The standard InChI is InChI=1S/C94H118F4N16O21S/c1-9-10-22-72-93(134)114-47-59(116)43-74(114)89(130)107-68(44-79(121)122)86(127)109-81(51(4)5)94(135)111(7)73(40-52-18-12-11-13-19-52)88(129)103-64(32-33-78(119)120)91(132)113-34-17-16-23-71(113)87(128)106-67(42-56-45-100-63-21-15-14-20-60(56)63)85(126)105-66(38-53-26-30-58(115)31-27-53)84(125)104-65(35-50(2)3)83(124)108-70(82(123)101-46-76(99)117)48-136-49-77(118)102-69(39-55-36-61(96)80(98)62(97)37-55)90(131)112(8)75(92(133)110(72)6)41-54-24-28-57(95)29-25-54/h11-15,18-21,24-31,36-37,45,50-51,59,64-75,81,100,115-116H,9-10,16-17,22-23,32-35,38-44,46-49H2,1-8H3,(H2,99,117)(H,101,123)(H,102,118)(H,103,129)(H,104,125)(H,105,126)(H,106,128)(H,107,130)(H,108,124)(H,109,127)(H,119,120)(H,121,122)/t59-,64-,65-,66-,67-,68-,69-,70-,71+,72-,73-,74+,75-,81-/m0/s1. The van der Waals surface area contributed by atoms with E-state index in [-0.39, 0.29) is 69.2 Å². The monoisotopic (exact) mass is 1910 g/mol. The first-order valence-corrected chi connectivity index (χ1v) is 46.0. The van der Waals surface area contributed by atoms with Crippen molar-refractivity contribution in [1.82, 2.24) is 77.3 Å². The van der Waals surface area contributed by atoms with Gasteiger partial charge in [0.1, 0.15) is 90.1 Å². The summed E-state index contributed by atoms with van der Waals surface area (Å²) in [5.41, 5.74) is 7.02. The number of benzene rings is 5. The lowest BCUT2D eigenvalue weighted by molar-refractivity contribution is -0.152. The molecular formula is C94H118F4N16O21S. The van der Waals surface area contributed by atoms with Crippen molar-refractivity contribution < 1.29 is 119 Å². The molecule has 0 aliphatic carbocycles. The van der Waals surface area contributed by atoms with E-state index < -0.39 is 289 Å². The van der Waals surface area contributed by atoms with E-state index in [1.54, 1.807) is 81.6 Å². The molecule has 5 aromatic carbocycles. The van der Waals surface area contributed by atoms with Crippen LogP contribution in [0.15, 0.2) is 121 Å². The molecule has 0 radical (unpaired) electrons. The van der Waals surface area contributed by atoms with Crippen LogP contribution in [0.2, 0.25) is 0 Å². The summed E-state index contributed by atoms with van der Waals surface area (Å²) in [6.45, 7) is 6.49. The number of aliphatic carboxylic acids is 2. The molecule has 0 bridgehead atoms. The Kier molecular flexibility index (Phi) is 38.7. The molecule has 0 spiro atoms. The fourth-order valence-corrected chi connectivity index (χ4v) is 17.5. The lowest BCUT2D eigenvalue weighted by atomic mass is 9.97. The Labute approximate surface area is 786 Å². The summed E-state index contributed by atoms with van der Waals surface area (Å²) in [6, 6.07) is 3.76. The van der Waals surface area contributed by atoms with Gasteiger partial charge in [-0.1, -0.05) is 120 Å². The summed E-state index contributed by atoms with van der Waals surface area (Å²) in [6.07, 6.45) is -4.70. The number of aromatic hydroxyl groups is 1. The number of nitrogens with zero attached hydrogens (tertiary/aromatic N) is 5. The summed E-state index contributed by atoms with van der Waals surface area (Å²) in [4.78, 5) is 258. The van der Waals surface area contributed by atoms with Crippen LogP contribution in [0.25, 0.3) is 10.9 Å². The Bertz CT molecular complexity index is 5310. The van der Waals surface area contributed by atoms with Crippen molar-refractivity contribution in [2.24, 2.45) is 17.6 Å². The molecule has 1 aromatic heterocycles. The summed E-state index contributed by atoms with van der Waals surface area (Å²) in [5.74, 6) is -28.0. The number of unbranched alkanes of at least 4 members (excludes halogenated alkanes) is 1.